The standard InChI is InChI=1S/C23H28N2/c1-4-5-6-22(16-25-14-13-24-17-25)20-8-10-21(11-9-20)23-12-7-18(2)15-19(23)3/h7-15,17,22H,4-6,16H2,1-3H3. The lowest BCUT2D eigenvalue weighted by molar-refractivity contribution is 0.505. The second-order valence-corrected chi connectivity index (χ2v) is 7.04. The number of nitrogens with zero attached hydrogens (tertiary/aromatic N) is 2. The number of unbranched alkanes of at least 4 members (excludes halogenated alkanes) is 1. The van der Waals surface area contributed by atoms with E-state index in [1.54, 1.807) is 0 Å². The molecular weight excluding hydrogens is 304 g/mol. The van der Waals surface area contributed by atoms with E-state index in [0.717, 1.165) is 6.54 Å². The molecule has 0 bridgehead atoms. The van der Waals surface area contributed by atoms with Gasteiger partial charge in [-0.1, -0.05) is 67.8 Å². The molecular formula is C23H28N2. The first-order valence-electron chi connectivity index (χ1n) is 9.30. The number of aromatic nitrogens is 2. The van der Waals surface area contributed by atoms with Crippen molar-refractivity contribution in [3.05, 3.63) is 77.9 Å². The maximum atomic E-state index is 4.18. The highest BCUT2D eigenvalue weighted by Crippen LogP contribution is 2.29. The first-order valence-corrected chi connectivity index (χ1v) is 9.30. The Morgan fingerprint density at radius 1 is 1.04 bits per heavy atom. The van der Waals surface area contributed by atoms with Gasteiger partial charge in [-0.15, -0.1) is 0 Å². The van der Waals surface area contributed by atoms with E-state index in [9.17, 15) is 0 Å². The zero-order valence-corrected chi connectivity index (χ0v) is 15.6. The Morgan fingerprint density at radius 2 is 1.84 bits per heavy atom. The van der Waals surface area contributed by atoms with E-state index in [1.165, 1.54) is 47.1 Å². The minimum absolute atomic E-state index is 0.544. The van der Waals surface area contributed by atoms with Crippen LogP contribution in [-0.4, -0.2) is 9.55 Å². The van der Waals surface area contributed by atoms with Crippen molar-refractivity contribution >= 4 is 0 Å². The first-order chi connectivity index (χ1) is 12.2. The van der Waals surface area contributed by atoms with Crippen LogP contribution in [0.1, 0.15) is 48.8 Å². The lowest BCUT2D eigenvalue weighted by Gasteiger charge is -2.18. The van der Waals surface area contributed by atoms with Crippen LogP contribution in [0.25, 0.3) is 11.1 Å². The maximum absolute atomic E-state index is 4.18. The Balaban J connectivity index is 1.82. The number of rotatable bonds is 7. The molecule has 2 heteroatoms. The van der Waals surface area contributed by atoms with Crippen LogP contribution >= 0.6 is 0 Å². The minimum Gasteiger partial charge on any atom is -0.337 e. The maximum Gasteiger partial charge on any atom is 0.0946 e. The predicted octanol–water partition coefficient (Wildman–Crippen LogP) is 6.14. The molecule has 1 unspecified atom stereocenters. The van der Waals surface area contributed by atoms with Gasteiger partial charge >= 0.3 is 0 Å². The van der Waals surface area contributed by atoms with Gasteiger partial charge in [0.1, 0.15) is 0 Å². The van der Waals surface area contributed by atoms with Crippen LogP contribution in [0.4, 0.5) is 0 Å². The van der Waals surface area contributed by atoms with Crippen molar-refractivity contribution in [2.24, 2.45) is 0 Å². The van der Waals surface area contributed by atoms with Gasteiger partial charge in [0.05, 0.1) is 6.33 Å². The molecule has 0 radical (unpaired) electrons. The van der Waals surface area contributed by atoms with Crippen LogP contribution in [0.3, 0.4) is 0 Å². The predicted molar refractivity (Wildman–Crippen MR) is 106 cm³/mol. The molecule has 2 nitrogen and oxygen atoms in total. The number of benzene rings is 2. The second-order valence-electron chi connectivity index (χ2n) is 7.04. The Labute approximate surface area is 151 Å². The topological polar surface area (TPSA) is 17.8 Å². The summed E-state index contributed by atoms with van der Waals surface area (Å²) in [7, 11) is 0. The molecule has 0 amide bonds. The van der Waals surface area contributed by atoms with Gasteiger partial charge in [-0.2, -0.15) is 0 Å². The summed E-state index contributed by atoms with van der Waals surface area (Å²) in [6.45, 7) is 7.61. The van der Waals surface area contributed by atoms with Gasteiger partial charge in [0.2, 0.25) is 0 Å². The van der Waals surface area contributed by atoms with Gasteiger partial charge in [0.25, 0.3) is 0 Å². The fourth-order valence-corrected chi connectivity index (χ4v) is 3.54. The molecule has 0 aliphatic carbocycles. The molecule has 0 saturated heterocycles. The molecule has 25 heavy (non-hydrogen) atoms. The highest BCUT2D eigenvalue weighted by Gasteiger charge is 2.12. The Kier molecular flexibility index (Phi) is 5.70. The van der Waals surface area contributed by atoms with Crippen LogP contribution < -0.4 is 0 Å². The van der Waals surface area contributed by atoms with Crippen molar-refractivity contribution in [1.82, 2.24) is 9.55 Å². The third kappa shape index (κ3) is 4.39. The molecule has 0 N–H and O–H groups in total. The Bertz CT molecular complexity index is 785. The average Bonchev–Trinajstić information content (AvgIpc) is 3.12. The van der Waals surface area contributed by atoms with E-state index in [1.807, 2.05) is 12.5 Å². The molecule has 3 aromatic rings. The molecule has 1 atom stereocenters. The van der Waals surface area contributed by atoms with Crippen LogP contribution in [0.15, 0.2) is 61.2 Å². The Morgan fingerprint density at radius 3 is 2.48 bits per heavy atom. The molecule has 3 rings (SSSR count). The minimum atomic E-state index is 0.544. The van der Waals surface area contributed by atoms with Crippen molar-refractivity contribution in [2.45, 2.75) is 52.5 Å². The van der Waals surface area contributed by atoms with Gasteiger partial charge in [-0.3, -0.25) is 0 Å². The van der Waals surface area contributed by atoms with Gasteiger partial charge in [-0.25, -0.2) is 4.98 Å². The third-order valence-corrected chi connectivity index (χ3v) is 4.97. The molecule has 0 spiro atoms. The summed E-state index contributed by atoms with van der Waals surface area (Å²) in [6, 6.07) is 15.9. The molecule has 0 saturated carbocycles. The lowest BCUT2D eigenvalue weighted by atomic mass is 9.91. The number of hydrogen-bond donors (Lipinski definition) is 0. The normalized spacial score (nSPS) is 12.3. The number of aryl methyl sites for hydroxylation is 2. The zero-order valence-electron chi connectivity index (χ0n) is 15.6. The second kappa shape index (κ2) is 8.15. The molecule has 1 heterocycles. The quantitative estimate of drug-likeness (QED) is 0.508. The monoisotopic (exact) mass is 332 g/mol. The zero-order chi connectivity index (χ0) is 17.6. The van der Waals surface area contributed by atoms with Gasteiger partial charge in [-0.05, 0) is 42.5 Å². The summed E-state index contributed by atoms with van der Waals surface area (Å²) in [6.07, 6.45) is 9.56. The average molecular weight is 332 g/mol. The van der Waals surface area contributed by atoms with Crippen molar-refractivity contribution in [3.63, 3.8) is 0 Å². The van der Waals surface area contributed by atoms with Gasteiger partial charge < -0.3 is 4.57 Å². The van der Waals surface area contributed by atoms with Crippen molar-refractivity contribution in [3.8, 4) is 11.1 Å². The summed E-state index contributed by atoms with van der Waals surface area (Å²) >= 11 is 0. The first kappa shape index (κ1) is 17.5. The van der Waals surface area contributed by atoms with E-state index >= 15 is 0 Å². The van der Waals surface area contributed by atoms with E-state index in [0.29, 0.717) is 5.92 Å². The number of hydrogen-bond acceptors (Lipinski definition) is 1. The molecule has 0 aliphatic rings. The summed E-state index contributed by atoms with van der Waals surface area (Å²) in [5.41, 5.74) is 6.72. The Hall–Kier alpha value is -2.35. The third-order valence-electron chi connectivity index (χ3n) is 4.97. The highest BCUT2D eigenvalue weighted by atomic mass is 15.0. The van der Waals surface area contributed by atoms with E-state index in [4.69, 9.17) is 0 Å². The fourth-order valence-electron chi connectivity index (χ4n) is 3.54. The summed E-state index contributed by atoms with van der Waals surface area (Å²) in [5.74, 6) is 0.544. The van der Waals surface area contributed by atoms with Crippen molar-refractivity contribution in [1.29, 1.82) is 0 Å². The van der Waals surface area contributed by atoms with Crippen LogP contribution in [0.2, 0.25) is 0 Å². The number of imidazole rings is 1. The van der Waals surface area contributed by atoms with Crippen LogP contribution in [0, 0.1) is 13.8 Å². The van der Waals surface area contributed by atoms with Crippen molar-refractivity contribution < 1.29 is 0 Å². The molecule has 0 aliphatic heterocycles. The van der Waals surface area contributed by atoms with E-state index < -0.39 is 0 Å². The van der Waals surface area contributed by atoms with Gasteiger partial charge in [0.15, 0.2) is 0 Å². The molecule has 2 aromatic carbocycles. The smallest absolute Gasteiger partial charge is 0.0946 e. The van der Waals surface area contributed by atoms with Crippen LogP contribution in [0.5, 0.6) is 0 Å². The van der Waals surface area contributed by atoms with Crippen LogP contribution in [-0.2, 0) is 6.54 Å². The molecule has 130 valence electrons. The summed E-state index contributed by atoms with van der Waals surface area (Å²) in [4.78, 5) is 4.18. The molecule has 1 aromatic heterocycles. The fraction of sp³-hybridized carbons (Fsp3) is 0.348. The SMILES string of the molecule is CCCCC(Cn1ccnc1)c1ccc(-c2ccc(C)cc2C)cc1. The van der Waals surface area contributed by atoms with Crippen molar-refractivity contribution in [2.75, 3.05) is 0 Å². The van der Waals surface area contributed by atoms with E-state index in [2.05, 4.69) is 79.0 Å². The molecule has 0 fully saturated rings. The summed E-state index contributed by atoms with van der Waals surface area (Å²) in [5, 5.41) is 0. The lowest BCUT2D eigenvalue weighted by Crippen LogP contribution is -2.08. The highest BCUT2D eigenvalue weighted by molar-refractivity contribution is 5.67. The van der Waals surface area contributed by atoms with E-state index in [-0.39, 0.29) is 0 Å². The summed E-state index contributed by atoms with van der Waals surface area (Å²) < 4.78 is 2.19. The van der Waals surface area contributed by atoms with Gasteiger partial charge in [0, 0.05) is 24.9 Å². The largest absolute Gasteiger partial charge is 0.337 e.